The van der Waals surface area contributed by atoms with E-state index in [0.717, 1.165) is 25.0 Å². The van der Waals surface area contributed by atoms with Crippen LogP contribution in [0.25, 0.3) is 0 Å². The normalized spacial score (nSPS) is 13.0. The summed E-state index contributed by atoms with van der Waals surface area (Å²) >= 11 is 2.82. The van der Waals surface area contributed by atoms with E-state index in [0.29, 0.717) is 22.4 Å². The number of pyridine rings is 1. The van der Waals surface area contributed by atoms with Crippen LogP contribution in [0.1, 0.15) is 45.9 Å². The molecule has 0 radical (unpaired) electrons. The second-order valence-electron chi connectivity index (χ2n) is 6.66. The van der Waals surface area contributed by atoms with E-state index < -0.39 is 11.5 Å². The molecule has 0 spiro atoms. The zero-order chi connectivity index (χ0) is 20.2. The molecule has 0 aliphatic heterocycles. The van der Waals surface area contributed by atoms with Crippen LogP contribution in [-0.4, -0.2) is 26.8 Å². The predicted molar refractivity (Wildman–Crippen MR) is 113 cm³/mol. The molecule has 0 atom stereocenters. The molecule has 2 amide bonds. The monoisotopic (exact) mass is 429 g/mol. The number of rotatable bonds is 6. The van der Waals surface area contributed by atoms with E-state index in [9.17, 15) is 14.4 Å². The van der Waals surface area contributed by atoms with Gasteiger partial charge in [-0.25, -0.2) is 9.97 Å². The fraction of sp³-hybridized carbons (Fsp3) is 0.316. The predicted octanol–water partition coefficient (Wildman–Crippen LogP) is 2.99. The third-order valence-corrected chi connectivity index (χ3v) is 6.41. The Hall–Kier alpha value is -2.85. The van der Waals surface area contributed by atoms with Crippen LogP contribution >= 0.6 is 22.7 Å². The largest absolute Gasteiger partial charge is 0.328 e. The maximum absolute atomic E-state index is 12.2. The second-order valence-corrected chi connectivity index (χ2v) is 8.60. The number of hydrogen-bond donors (Lipinski definition) is 3. The number of carbonyl (C=O) groups excluding carboxylic acids is 2. The zero-order valence-corrected chi connectivity index (χ0v) is 17.1. The van der Waals surface area contributed by atoms with Crippen LogP contribution in [0.3, 0.4) is 0 Å². The number of amides is 2. The van der Waals surface area contributed by atoms with E-state index in [1.54, 1.807) is 22.8 Å². The number of nitrogens with one attached hydrogen (secondary N) is 3. The molecule has 1 aliphatic carbocycles. The smallest absolute Gasteiger partial charge is 0.263 e. The SMILES string of the molecule is O=C(CCc1csc(NC(=O)c2ccc[nH]c2=O)n1)Nc1nc2c(s1)CCCC2. The lowest BCUT2D eigenvalue weighted by molar-refractivity contribution is -0.116. The summed E-state index contributed by atoms with van der Waals surface area (Å²) < 4.78 is 0. The summed E-state index contributed by atoms with van der Waals surface area (Å²) in [6, 6.07) is 3.03. The molecule has 8 nitrogen and oxygen atoms in total. The van der Waals surface area contributed by atoms with E-state index in [1.165, 1.54) is 34.9 Å². The number of aromatic nitrogens is 3. The van der Waals surface area contributed by atoms with E-state index in [4.69, 9.17) is 0 Å². The van der Waals surface area contributed by atoms with Gasteiger partial charge in [-0.2, -0.15) is 0 Å². The number of anilines is 2. The summed E-state index contributed by atoms with van der Waals surface area (Å²) in [5.74, 6) is -0.622. The van der Waals surface area contributed by atoms with Gasteiger partial charge in [-0.1, -0.05) is 0 Å². The van der Waals surface area contributed by atoms with Crippen LogP contribution in [-0.2, 0) is 24.1 Å². The van der Waals surface area contributed by atoms with Crippen molar-refractivity contribution >= 4 is 44.8 Å². The van der Waals surface area contributed by atoms with Crippen molar-refractivity contribution in [3.05, 3.63) is 55.9 Å². The van der Waals surface area contributed by atoms with Crippen LogP contribution in [0, 0.1) is 0 Å². The molecule has 0 unspecified atom stereocenters. The first-order valence-corrected chi connectivity index (χ1v) is 11.0. The quantitative estimate of drug-likeness (QED) is 0.557. The maximum Gasteiger partial charge on any atom is 0.263 e. The van der Waals surface area contributed by atoms with Gasteiger partial charge < -0.3 is 10.3 Å². The highest BCUT2D eigenvalue weighted by Crippen LogP contribution is 2.29. The summed E-state index contributed by atoms with van der Waals surface area (Å²) in [6.07, 6.45) is 6.58. The lowest BCUT2D eigenvalue weighted by atomic mass is 10.0. The molecular weight excluding hydrogens is 410 g/mol. The van der Waals surface area contributed by atoms with Crippen LogP contribution in [0.4, 0.5) is 10.3 Å². The molecule has 4 rings (SSSR count). The molecule has 0 bridgehead atoms. The van der Waals surface area contributed by atoms with Gasteiger partial charge in [0, 0.05) is 22.9 Å². The Balaban J connectivity index is 1.29. The van der Waals surface area contributed by atoms with Gasteiger partial charge in [-0.05, 0) is 44.2 Å². The highest BCUT2D eigenvalue weighted by atomic mass is 32.1. The van der Waals surface area contributed by atoms with Crippen molar-refractivity contribution in [1.29, 1.82) is 0 Å². The number of aromatic amines is 1. The standard InChI is InChI=1S/C19H19N5O3S2/c25-15(23-19-22-13-5-1-2-6-14(13)29-19)8-7-11-10-28-18(21-11)24-17(27)12-4-3-9-20-16(12)26/h3-4,9-10H,1-2,5-8H2,(H,20,26)(H,21,24,27)(H,22,23,25). The number of aryl methyl sites for hydroxylation is 3. The molecule has 0 aromatic carbocycles. The first-order valence-electron chi connectivity index (χ1n) is 9.30. The molecular formula is C19H19N5O3S2. The minimum absolute atomic E-state index is 0.0229. The fourth-order valence-corrected chi connectivity index (χ4v) is 4.88. The van der Waals surface area contributed by atoms with Gasteiger partial charge in [0.25, 0.3) is 11.5 Å². The molecule has 3 N–H and O–H groups in total. The molecule has 3 heterocycles. The van der Waals surface area contributed by atoms with Crippen molar-refractivity contribution < 1.29 is 9.59 Å². The first-order chi connectivity index (χ1) is 14.1. The second kappa shape index (κ2) is 8.66. The molecule has 1 aliphatic rings. The Morgan fingerprint density at radius 2 is 2.00 bits per heavy atom. The van der Waals surface area contributed by atoms with Crippen LogP contribution < -0.4 is 16.2 Å². The van der Waals surface area contributed by atoms with E-state index >= 15 is 0 Å². The van der Waals surface area contributed by atoms with Gasteiger partial charge in [0.1, 0.15) is 5.56 Å². The van der Waals surface area contributed by atoms with Crippen molar-refractivity contribution in [2.45, 2.75) is 38.5 Å². The zero-order valence-electron chi connectivity index (χ0n) is 15.5. The highest BCUT2D eigenvalue weighted by molar-refractivity contribution is 7.16. The summed E-state index contributed by atoms with van der Waals surface area (Å²) in [7, 11) is 0. The minimum atomic E-state index is -0.516. The van der Waals surface area contributed by atoms with Gasteiger partial charge in [0.2, 0.25) is 5.91 Å². The Morgan fingerprint density at radius 1 is 1.14 bits per heavy atom. The Bertz CT molecular complexity index is 1080. The Kier molecular flexibility index (Phi) is 5.81. The summed E-state index contributed by atoms with van der Waals surface area (Å²) in [5.41, 5.74) is 1.40. The van der Waals surface area contributed by atoms with Gasteiger partial charge in [0.15, 0.2) is 10.3 Å². The van der Waals surface area contributed by atoms with Gasteiger partial charge >= 0.3 is 0 Å². The number of nitrogens with zero attached hydrogens (tertiary/aromatic N) is 2. The van der Waals surface area contributed by atoms with Crippen molar-refractivity contribution in [1.82, 2.24) is 15.0 Å². The van der Waals surface area contributed by atoms with E-state index in [1.807, 2.05) is 0 Å². The minimum Gasteiger partial charge on any atom is -0.328 e. The average Bonchev–Trinajstić information content (AvgIpc) is 3.32. The summed E-state index contributed by atoms with van der Waals surface area (Å²) in [4.78, 5) is 48.6. The summed E-state index contributed by atoms with van der Waals surface area (Å²) in [6.45, 7) is 0. The highest BCUT2D eigenvalue weighted by Gasteiger charge is 2.17. The van der Waals surface area contributed by atoms with Crippen molar-refractivity contribution in [3.8, 4) is 0 Å². The third kappa shape index (κ3) is 4.77. The average molecular weight is 430 g/mol. The number of H-pyrrole nitrogens is 1. The molecule has 3 aromatic heterocycles. The van der Waals surface area contributed by atoms with Crippen molar-refractivity contribution in [2.75, 3.05) is 10.6 Å². The lowest BCUT2D eigenvalue weighted by Crippen LogP contribution is -2.22. The molecule has 10 heteroatoms. The Labute approximate surface area is 174 Å². The molecule has 0 saturated heterocycles. The van der Waals surface area contributed by atoms with Gasteiger partial charge in [-0.3, -0.25) is 19.7 Å². The molecule has 0 fully saturated rings. The fourth-order valence-electron chi connectivity index (χ4n) is 3.07. The van der Waals surface area contributed by atoms with Gasteiger partial charge in [0.05, 0.1) is 11.4 Å². The van der Waals surface area contributed by atoms with E-state index in [2.05, 4.69) is 25.6 Å². The molecule has 3 aromatic rings. The lowest BCUT2D eigenvalue weighted by Gasteiger charge is -2.06. The molecule has 0 saturated carbocycles. The van der Waals surface area contributed by atoms with Crippen LogP contribution in [0.2, 0.25) is 0 Å². The summed E-state index contributed by atoms with van der Waals surface area (Å²) in [5, 5.41) is 8.34. The molecule has 29 heavy (non-hydrogen) atoms. The number of hydrogen-bond acceptors (Lipinski definition) is 7. The third-order valence-electron chi connectivity index (χ3n) is 4.54. The van der Waals surface area contributed by atoms with Crippen molar-refractivity contribution in [3.63, 3.8) is 0 Å². The number of thiazole rings is 2. The van der Waals surface area contributed by atoms with Crippen LogP contribution in [0.5, 0.6) is 0 Å². The van der Waals surface area contributed by atoms with Gasteiger partial charge in [-0.15, -0.1) is 22.7 Å². The number of carbonyl (C=O) groups is 2. The topological polar surface area (TPSA) is 117 Å². The maximum atomic E-state index is 12.2. The van der Waals surface area contributed by atoms with Crippen molar-refractivity contribution in [2.24, 2.45) is 0 Å². The number of fused-ring (bicyclic) bond motifs is 1. The molecule has 150 valence electrons. The Morgan fingerprint density at radius 3 is 2.83 bits per heavy atom. The van der Waals surface area contributed by atoms with Crippen LogP contribution in [0.15, 0.2) is 28.5 Å². The first kappa shape index (κ1) is 19.5. The van der Waals surface area contributed by atoms with E-state index in [-0.39, 0.29) is 17.9 Å².